The summed E-state index contributed by atoms with van der Waals surface area (Å²) in [5.74, 6) is 0. The van der Waals surface area contributed by atoms with Crippen molar-refractivity contribution >= 4 is 26.6 Å². The molecule has 0 bridgehead atoms. The Balaban J connectivity index is 2.43. The average Bonchev–Trinajstić information content (AvgIpc) is 2.16. The third kappa shape index (κ3) is 3.15. The zero-order valence-corrected chi connectivity index (χ0v) is 8.12. The summed E-state index contributed by atoms with van der Waals surface area (Å²) in [5, 5.41) is 7.80. The van der Waals surface area contributed by atoms with Crippen LogP contribution < -0.4 is 0 Å². The molecule has 0 aromatic heterocycles. The van der Waals surface area contributed by atoms with Gasteiger partial charge in [0.25, 0.3) is 0 Å². The molecular weight excluding hydrogens is 186 g/mol. The molecule has 0 atom stereocenters. The molecule has 1 aromatic rings. The van der Waals surface area contributed by atoms with Crippen molar-refractivity contribution in [2.45, 2.75) is 4.90 Å². The highest BCUT2D eigenvalue weighted by Gasteiger charge is 1.94. The SMILES string of the molecule is C=CC(=N)SSc1ccccc1. The lowest BCUT2D eigenvalue weighted by molar-refractivity contribution is 1.48. The predicted octanol–water partition coefficient (Wildman–Crippen LogP) is 3.59. The second kappa shape index (κ2) is 5.06. The Morgan fingerprint density at radius 2 is 2.00 bits per heavy atom. The molecule has 1 aromatic carbocycles. The second-order valence-electron chi connectivity index (χ2n) is 2.05. The van der Waals surface area contributed by atoms with E-state index in [4.69, 9.17) is 5.41 Å². The van der Waals surface area contributed by atoms with Gasteiger partial charge in [-0.05, 0) is 29.0 Å². The molecule has 0 aliphatic carbocycles. The quantitative estimate of drug-likeness (QED) is 0.452. The summed E-state index contributed by atoms with van der Waals surface area (Å²) in [6.07, 6.45) is 1.54. The van der Waals surface area contributed by atoms with E-state index in [2.05, 4.69) is 6.58 Å². The summed E-state index contributed by atoms with van der Waals surface area (Å²) in [7, 11) is 2.99. The van der Waals surface area contributed by atoms with Gasteiger partial charge in [0, 0.05) is 4.90 Å². The van der Waals surface area contributed by atoms with Crippen LogP contribution in [0.3, 0.4) is 0 Å². The molecule has 0 saturated heterocycles. The maximum Gasteiger partial charge on any atom is 0.0973 e. The van der Waals surface area contributed by atoms with Gasteiger partial charge in [-0.15, -0.1) is 0 Å². The zero-order chi connectivity index (χ0) is 8.81. The molecule has 1 nitrogen and oxygen atoms in total. The molecule has 0 aliphatic heterocycles. The summed E-state index contributed by atoms with van der Waals surface area (Å²) < 4.78 is 0. The van der Waals surface area contributed by atoms with Gasteiger partial charge in [-0.2, -0.15) is 0 Å². The third-order valence-electron chi connectivity index (χ3n) is 1.16. The average molecular weight is 195 g/mol. The standard InChI is InChI=1S/C9H9NS2/c1-2-9(10)12-11-8-6-4-3-5-7-8/h2-7,10H,1H2. The molecule has 0 fully saturated rings. The molecule has 0 saturated carbocycles. The molecule has 0 unspecified atom stereocenters. The molecular formula is C9H9NS2. The van der Waals surface area contributed by atoms with Crippen LogP contribution in [0.2, 0.25) is 0 Å². The van der Waals surface area contributed by atoms with Crippen LogP contribution in [0.25, 0.3) is 0 Å². The van der Waals surface area contributed by atoms with Crippen molar-refractivity contribution in [2.24, 2.45) is 0 Å². The Morgan fingerprint density at radius 1 is 1.33 bits per heavy atom. The molecule has 0 amide bonds. The minimum atomic E-state index is 0.490. The molecule has 0 aliphatic rings. The first-order valence-electron chi connectivity index (χ1n) is 3.43. The van der Waals surface area contributed by atoms with Gasteiger partial charge in [-0.3, -0.25) is 5.41 Å². The van der Waals surface area contributed by atoms with E-state index in [0.29, 0.717) is 5.04 Å². The third-order valence-corrected chi connectivity index (χ3v) is 3.42. The van der Waals surface area contributed by atoms with Crippen LogP contribution in [0, 0.1) is 5.41 Å². The lowest BCUT2D eigenvalue weighted by Gasteiger charge is -1.97. The summed E-state index contributed by atoms with van der Waals surface area (Å²) in [6.45, 7) is 3.51. The van der Waals surface area contributed by atoms with E-state index in [0.717, 1.165) is 4.90 Å². The molecule has 0 radical (unpaired) electrons. The fourth-order valence-corrected chi connectivity index (χ4v) is 2.22. The van der Waals surface area contributed by atoms with Crippen molar-refractivity contribution in [2.75, 3.05) is 0 Å². The molecule has 1 rings (SSSR count). The molecule has 62 valence electrons. The number of benzene rings is 1. The van der Waals surface area contributed by atoms with Crippen LogP contribution >= 0.6 is 21.6 Å². The minimum absolute atomic E-state index is 0.490. The Morgan fingerprint density at radius 3 is 2.58 bits per heavy atom. The van der Waals surface area contributed by atoms with E-state index in [1.165, 1.54) is 10.8 Å². The number of hydrogen-bond donors (Lipinski definition) is 1. The van der Waals surface area contributed by atoms with Crippen molar-refractivity contribution in [1.29, 1.82) is 5.41 Å². The number of rotatable bonds is 3. The van der Waals surface area contributed by atoms with Gasteiger partial charge in [0.15, 0.2) is 0 Å². The number of nitrogens with one attached hydrogen (secondary N) is 1. The molecule has 12 heavy (non-hydrogen) atoms. The van der Waals surface area contributed by atoms with Crippen LogP contribution in [0.1, 0.15) is 0 Å². The highest BCUT2D eigenvalue weighted by Crippen LogP contribution is 2.31. The lowest BCUT2D eigenvalue weighted by Crippen LogP contribution is -1.75. The van der Waals surface area contributed by atoms with Crippen molar-refractivity contribution in [1.82, 2.24) is 0 Å². The van der Waals surface area contributed by atoms with E-state index < -0.39 is 0 Å². The van der Waals surface area contributed by atoms with Gasteiger partial charge in [0.05, 0.1) is 5.04 Å². The fourth-order valence-electron chi connectivity index (χ4n) is 0.603. The maximum atomic E-state index is 7.31. The van der Waals surface area contributed by atoms with E-state index in [1.54, 1.807) is 16.9 Å². The molecule has 1 N–H and O–H groups in total. The monoisotopic (exact) mass is 195 g/mol. The van der Waals surface area contributed by atoms with Gasteiger partial charge in [-0.25, -0.2) is 0 Å². The van der Waals surface area contributed by atoms with Crippen molar-refractivity contribution in [3.63, 3.8) is 0 Å². The first-order valence-corrected chi connectivity index (χ1v) is 5.58. The van der Waals surface area contributed by atoms with Crippen LogP contribution in [0.15, 0.2) is 47.9 Å². The van der Waals surface area contributed by atoms with Crippen molar-refractivity contribution in [3.05, 3.63) is 43.0 Å². The predicted molar refractivity (Wildman–Crippen MR) is 57.8 cm³/mol. The smallest absolute Gasteiger partial charge is 0.0973 e. The van der Waals surface area contributed by atoms with Crippen molar-refractivity contribution in [3.8, 4) is 0 Å². The van der Waals surface area contributed by atoms with Crippen LogP contribution in [-0.2, 0) is 0 Å². The summed E-state index contributed by atoms with van der Waals surface area (Å²) in [6, 6.07) is 10.00. The van der Waals surface area contributed by atoms with Gasteiger partial charge in [0.2, 0.25) is 0 Å². The molecule has 3 heteroatoms. The first-order chi connectivity index (χ1) is 5.83. The molecule has 0 heterocycles. The Bertz CT molecular complexity index is 269. The minimum Gasteiger partial charge on any atom is -0.293 e. The van der Waals surface area contributed by atoms with Crippen LogP contribution in [-0.4, -0.2) is 5.04 Å². The van der Waals surface area contributed by atoms with Crippen LogP contribution in [0.4, 0.5) is 0 Å². The fraction of sp³-hybridized carbons (Fsp3) is 0. The van der Waals surface area contributed by atoms with Gasteiger partial charge in [-0.1, -0.05) is 35.6 Å². The summed E-state index contributed by atoms with van der Waals surface area (Å²) >= 11 is 0. The number of hydrogen-bond acceptors (Lipinski definition) is 3. The van der Waals surface area contributed by atoms with E-state index in [1.807, 2.05) is 30.3 Å². The Labute approximate surface area is 80.2 Å². The summed E-state index contributed by atoms with van der Waals surface area (Å²) in [4.78, 5) is 1.16. The second-order valence-corrected chi connectivity index (χ2v) is 4.29. The highest BCUT2D eigenvalue weighted by atomic mass is 33.1. The van der Waals surface area contributed by atoms with E-state index >= 15 is 0 Å². The highest BCUT2D eigenvalue weighted by molar-refractivity contribution is 8.82. The van der Waals surface area contributed by atoms with Gasteiger partial charge >= 0.3 is 0 Å². The maximum absolute atomic E-state index is 7.31. The Kier molecular flexibility index (Phi) is 3.97. The Hall–Kier alpha value is -0.670. The van der Waals surface area contributed by atoms with Crippen LogP contribution in [0.5, 0.6) is 0 Å². The van der Waals surface area contributed by atoms with Crippen molar-refractivity contribution < 1.29 is 0 Å². The van der Waals surface area contributed by atoms with Gasteiger partial charge < -0.3 is 0 Å². The van der Waals surface area contributed by atoms with E-state index in [-0.39, 0.29) is 0 Å². The normalized spacial score (nSPS) is 9.33. The van der Waals surface area contributed by atoms with Gasteiger partial charge in [0.1, 0.15) is 0 Å². The molecule has 0 spiro atoms. The lowest BCUT2D eigenvalue weighted by atomic mass is 10.4. The first kappa shape index (κ1) is 9.42. The topological polar surface area (TPSA) is 23.9 Å². The summed E-state index contributed by atoms with van der Waals surface area (Å²) in [5.41, 5.74) is 0. The zero-order valence-electron chi connectivity index (χ0n) is 6.49. The largest absolute Gasteiger partial charge is 0.293 e. The van der Waals surface area contributed by atoms with E-state index in [9.17, 15) is 0 Å².